The largest absolute Gasteiger partial charge is 0.484 e. The lowest BCUT2D eigenvalue weighted by Crippen LogP contribution is -2.41. The quantitative estimate of drug-likeness (QED) is 0.761. The summed E-state index contributed by atoms with van der Waals surface area (Å²) in [7, 11) is 0. The van der Waals surface area contributed by atoms with Crippen LogP contribution in [0.4, 0.5) is 0 Å². The Balaban J connectivity index is 1.50. The zero-order chi connectivity index (χ0) is 18.2. The van der Waals surface area contributed by atoms with Crippen molar-refractivity contribution in [3.8, 4) is 5.75 Å². The van der Waals surface area contributed by atoms with Gasteiger partial charge < -0.3 is 10.1 Å². The van der Waals surface area contributed by atoms with Crippen molar-refractivity contribution in [2.75, 3.05) is 26.2 Å². The maximum Gasteiger partial charge on any atom is 0.258 e. The first-order valence-corrected chi connectivity index (χ1v) is 10.4. The molecular weight excluding hydrogens is 344 g/mol. The van der Waals surface area contributed by atoms with Crippen molar-refractivity contribution in [3.63, 3.8) is 0 Å². The molecule has 26 heavy (non-hydrogen) atoms. The van der Waals surface area contributed by atoms with Crippen LogP contribution in [0.2, 0.25) is 0 Å². The Bertz CT molecular complexity index is 664. The van der Waals surface area contributed by atoms with E-state index in [4.69, 9.17) is 4.74 Å². The second-order valence-electron chi connectivity index (χ2n) is 6.72. The first-order chi connectivity index (χ1) is 12.8. The Labute approximate surface area is 160 Å². The molecule has 5 heteroatoms. The summed E-state index contributed by atoms with van der Waals surface area (Å²) in [5.41, 5.74) is 1.27. The molecule has 1 aliphatic heterocycles. The van der Waals surface area contributed by atoms with Crippen LogP contribution < -0.4 is 10.1 Å². The van der Waals surface area contributed by atoms with E-state index in [1.54, 1.807) is 11.3 Å². The molecule has 140 valence electrons. The van der Waals surface area contributed by atoms with Gasteiger partial charge in [-0.05, 0) is 61.5 Å². The van der Waals surface area contributed by atoms with E-state index in [1.807, 2.05) is 24.3 Å². The third-order valence-corrected chi connectivity index (χ3v) is 5.87. The predicted octanol–water partition coefficient (Wildman–Crippen LogP) is 4.03. The van der Waals surface area contributed by atoms with Crippen molar-refractivity contribution >= 4 is 17.2 Å². The molecule has 2 heterocycles. The van der Waals surface area contributed by atoms with Crippen molar-refractivity contribution in [2.45, 2.75) is 38.6 Å². The summed E-state index contributed by atoms with van der Waals surface area (Å²) in [4.78, 5) is 16.1. The maximum atomic E-state index is 12.2. The van der Waals surface area contributed by atoms with Crippen molar-refractivity contribution < 1.29 is 9.53 Å². The lowest BCUT2D eigenvalue weighted by Gasteiger charge is -2.34. The van der Waals surface area contributed by atoms with Gasteiger partial charge in [0.25, 0.3) is 5.91 Å². The van der Waals surface area contributed by atoms with E-state index in [0.29, 0.717) is 6.54 Å². The van der Waals surface area contributed by atoms with Crippen LogP contribution in [0.3, 0.4) is 0 Å². The van der Waals surface area contributed by atoms with Gasteiger partial charge in [0, 0.05) is 11.4 Å². The summed E-state index contributed by atoms with van der Waals surface area (Å²) in [5.74, 6) is 0.673. The van der Waals surface area contributed by atoms with Gasteiger partial charge in [-0.15, -0.1) is 11.3 Å². The fraction of sp³-hybridized carbons (Fsp3) is 0.476. The minimum absolute atomic E-state index is 0.0582. The van der Waals surface area contributed by atoms with Crippen LogP contribution in [-0.4, -0.2) is 37.0 Å². The van der Waals surface area contributed by atoms with Gasteiger partial charge in [0.2, 0.25) is 0 Å². The van der Waals surface area contributed by atoms with Gasteiger partial charge >= 0.3 is 0 Å². The SMILES string of the molecule is CCc1ccc(OCC(=O)NC[C@@H](c2cccs2)N2CCCCC2)cc1. The van der Waals surface area contributed by atoms with E-state index >= 15 is 0 Å². The molecule has 2 aromatic rings. The third kappa shape index (κ3) is 5.32. The van der Waals surface area contributed by atoms with Crippen molar-refractivity contribution in [3.05, 3.63) is 52.2 Å². The zero-order valence-electron chi connectivity index (χ0n) is 15.4. The smallest absolute Gasteiger partial charge is 0.258 e. The van der Waals surface area contributed by atoms with E-state index in [2.05, 4.69) is 34.7 Å². The summed E-state index contributed by atoms with van der Waals surface area (Å²) in [6, 6.07) is 12.4. The van der Waals surface area contributed by atoms with Gasteiger partial charge in [-0.1, -0.05) is 31.5 Å². The van der Waals surface area contributed by atoms with Gasteiger partial charge in [-0.25, -0.2) is 0 Å². The fourth-order valence-corrected chi connectivity index (χ4v) is 4.21. The Morgan fingerprint density at radius 1 is 1.19 bits per heavy atom. The van der Waals surface area contributed by atoms with Gasteiger partial charge in [0.1, 0.15) is 5.75 Å². The maximum absolute atomic E-state index is 12.2. The third-order valence-electron chi connectivity index (χ3n) is 4.90. The molecule has 0 unspecified atom stereocenters. The topological polar surface area (TPSA) is 41.6 Å². The molecule has 3 rings (SSSR count). The Hall–Kier alpha value is -1.85. The summed E-state index contributed by atoms with van der Waals surface area (Å²) in [6.45, 7) is 5.03. The number of rotatable bonds is 8. The number of benzene rings is 1. The number of nitrogens with one attached hydrogen (secondary N) is 1. The molecule has 0 spiro atoms. The molecule has 1 aromatic carbocycles. The van der Waals surface area contributed by atoms with Gasteiger partial charge in [-0.3, -0.25) is 9.69 Å². The minimum atomic E-state index is -0.0665. The molecule has 1 saturated heterocycles. The molecular formula is C21H28N2O2S. The molecule has 1 atom stereocenters. The average Bonchev–Trinajstić information content (AvgIpc) is 3.22. The van der Waals surface area contributed by atoms with E-state index < -0.39 is 0 Å². The molecule has 1 fully saturated rings. The molecule has 4 nitrogen and oxygen atoms in total. The first-order valence-electron chi connectivity index (χ1n) is 9.52. The van der Waals surface area contributed by atoms with Gasteiger partial charge in [-0.2, -0.15) is 0 Å². The van der Waals surface area contributed by atoms with E-state index in [9.17, 15) is 4.79 Å². The Morgan fingerprint density at radius 3 is 2.62 bits per heavy atom. The van der Waals surface area contributed by atoms with Crippen molar-refractivity contribution in [1.29, 1.82) is 0 Å². The monoisotopic (exact) mass is 372 g/mol. The molecule has 1 amide bonds. The summed E-state index contributed by atoms with van der Waals surface area (Å²) < 4.78 is 5.61. The zero-order valence-corrected chi connectivity index (χ0v) is 16.3. The highest BCUT2D eigenvalue weighted by Gasteiger charge is 2.23. The fourth-order valence-electron chi connectivity index (χ4n) is 3.35. The standard InChI is InChI=1S/C21H28N2O2S/c1-2-17-8-10-18(11-9-17)25-16-21(24)22-15-19(20-7-6-14-26-20)23-12-4-3-5-13-23/h6-11,14,19H,2-5,12-13,15-16H2,1H3,(H,22,24)/t19-/m0/s1. The molecule has 0 bridgehead atoms. The van der Waals surface area contributed by atoms with Crippen LogP contribution >= 0.6 is 11.3 Å². The first kappa shape index (κ1) is 18.9. The number of hydrogen-bond donors (Lipinski definition) is 1. The molecule has 1 N–H and O–H groups in total. The minimum Gasteiger partial charge on any atom is -0.484 e. The number of aryl methyl sites for hydroxylation is 1. The number of amides is 1. The Morgan fingerprint density at radius 2 is 1.96 bits per heavy atom. The number of carbonyl (C=O) groups excluding carboxylic acids is 1. The number of likely N-dealkylation sites (tertiary alicyclic amines) is 1. The van der Waals surface area contributed by atoms with Gasteiger partial charge in [0.05, 0.1) is 6.04 Å². The van der Waals surface area contributed by atoms with Crippen LogP contribution in [0.15, 0.2) is 41.8 Å². The van der Waals surface area contributed by atoms with Crippen LogP contribution in [0, 0.1) is 0 Å². The average molecular weight is 373 g/mol. The van der Waals surface area contributed by atoms with Crippen LogP contribution in [0.5, 0.6) is 5.75 Å². The number of thiophene rings is 1. The highest BCUT2D eigenvalue weighted by molar-refractivity contribution is 7.10. The normalized spacial score (nSPS) is 16.2. The predicted molar refractivity (Wildman–Crippen MR) is 107 cm³/mol. The molecule has 0 saturated carbocycles. The van der Waals surface area contributed by atoms with E-state index in [0.717, 1.165) is 25.3 Å². The molecule has 0 radical (unpaired) electrons. The molecule has 1 aromatic heterocycles. The Kier molecular flexibility index (Phi) is 7.09. The number of piperidine rings is 1. The van der Waals surface area contributed by atoms with Crippen molar-refractivity contribution in [1.82, 2.24) is 10.2 Å². The highest BCUT2D eigenvalue weighted by Crippen LogP contribution is 2.27. The van der Waals surface area contributed by atoms with Crippen LogP contribution in [0.25, 0.3) is 0 Å². The summed E-state index contributed by atoms with van der Waals surface area (Å²) in [6.07, 6.45) is 4.80. The second-order valence-corrected chi connectivity index (χ2v) is 7.70. The number of carbonyl (C=O) groups is 1. The highest BCUT2D eigenvalue weighted by atomic mass is 32.1. The van der Waals surface area contributed by atoms with Crippen LogP contribution in [0.1, 0.15) is 42.7 Å². The number of hydrogen-bond acceptors (Lipinski definition) is 4. The number of ether oxygens (including phenoxy) is 1. The van der Waals surface area contributed by atoms with E-state index in [1.165, 1.54) is 29.7 Å². The molecule has 1 aliphatic rings. The van der Waals surface area contributed by atoms with Gasteiger partial charge in [0.15, 0.2) is 6.61 Å². The van der Waals surface area contributed by atoms with Crippen molar-refractivity contribution in [2.24, 2.45) is 0 Å². The number of nitrogens with zero attached hydrogens (tertiary/aromatic N) is 1. The molecule has 0 aliphatic carbocycles. The lowest BCUT2D eigenvalue weighted by atomic mass is 10.1. The lowest BCUT2D eigenvalue weighted by molar-refractivity contribution is -0.123. The second kappa shape index (κ2) is 9.74. The van der Waals surface area contributed by atoms with Crippen LogP contribution in [-0.2, 0) is 11.2 Å². The summed E-state index contributed by atoms with van der Waals surface area (Å²) in [5, 5.41) is 5.17. The van der Waals surface area contributed by atoms with E-state index in [-0.39, 0.29) is 18.6 Å². The summed E-state index contributed by atoms with van der Waals surface area (Å²) >= 11 is 1.77.